The number of hydrogen-bond acceptors (Lipinski definition) is 2. The second kappa shape index (κ2) is 10.8. The van der Waals surface area contributed by atoms with Gasteiger partial charge in [-0.3, -0.25) is 4.79 Å². The SMILES string of the molecule is CCCCCCC(=O)OCC.Cl. The van der Waals surface area contributed by atoms with Crippen molar-refractivity contribution >= 4 is 18.4 Å². The summed E-state index contributed by atoms with van der Waals surface area (Å²) >= 11 is 0. The monoisotopic (exact) mass is 194 g/mol. The van der Waals surface area contributed by atoms with E-state index in [9.17, 15) is 4.79 Å². The molecule has 0 aliphatic rings. The second-order valence-electron chi connectivity index (χ2n) is 2.62. The Kier molecular flexibility index (Phi) is 12.8. The molecule has 0 aliphatic carbocycles. The molecule has 0 aromatic rings. The molecular weight excluding hydrogens is 176 g/mol. The Labute approximate surface area is 81.1 Å². The number of unbranched alkanes of at least 4 members (excludes halogenated alkanes) is 3. The van der Waals surface area contributed by atoms with E-state index in [4.69, 9.17) is 4.74 Å². The van der Waals surface area contributed by atoms with E-state index in [2.05, 4.69) is 6.92 Å². The number of esters is 1. The summed E-state index contributed by atoms with van der Waals surface area (Å²) in [6, 6.07) is 0. The Bertz CT molecular complexity index is 105. The average molecular weight is 195 g/mol. The Morgan fingerprint density at radius 3 is 2.33 bits per heavy atom. The molecule has 74 valence electrons. The maximum atomic E-state index is 10.8. The van der Waals surface area contributed by atoms with Gasteiger partial charge in [-0.25, -0.2) is 0 Å². The van der Waals surface area contributed by atoms with Gasteiger partial charge in [0.1, 0.15) is 0 Å². The van der Waals surface area contributed by atoms with Crippen molar-refractivity contribution in [1.29, 1.82) is 0 Å². The average Bonchev–Trinajstić information content (AvgIpc) is 1.99. The van der Waals surface area contributed by atoms with Crippen molar-refractivity contribution in [2.75, 3.05) is 6.61 Å². The molecule has 0 aliphatic heterocycles. The van der Waals surface area contributed by atoms with Crippen LogP contribution in [0.25, 0.3) is 0 Å². The van der Waals surface area contributed by atoms with E-state index in [1.54, 1.807) is 0 Å². The first-order chi connectivity index (χ1) is 5.31. The van der Waals surface area contributed by atoms with Crippen LogP contribution in [0.5, 0.6) is 0 Å². The Morgan fingerprint density at radius 1 is 1.17 bits per heavy atom. The minimum Gasteiger partial charge on any atom is -0.466 e. The molecule has 0 radical (unpaired) electrons. The predicted molar refractivity (Wildman–Crippen MR) is 52.6 cm³/mol. The standard InChI is InChI=1S/C9H18O2.ClH/c1-3-5-6-7-8-9(10)11-4-2;/h3-8H2,1-2H3;1H. The molecule has 0 aromatic heterocycles. The summed E-state index contributed by atoms with van der Waals surface area (Å²) in [5.41, 5.74) is 0. The summed E-state index contributed by atoms with van der Waals surface area (Å²) in [5, 5.41) is 0. The van der Waals surface area contributed by atoms with Crippen LogP contribution in [0.2, 0.25) is 0 Å². The molecule has 0 saturated heterocycles. The largest absolute Gasteiger partial charge is 0.466 e. The fourth-order valence-corrected chi connectivity index (χ4v) is 0.929. The zero-order valence-corrected chi connectivity index (χ0v) is 8.78. The maximum absolute atomic E-state index is 10.8. The molecule has 0 saturated carbocycles. The Hall–Kier alpha value is -0.240. The molecule has 0 aromatic carbocycles. The fourth-order valence-electron chi connectivity index (χ4n) is 0.929. The molecule has 0 N–H and O–H groups in total. The van der Waals surface area contributed by atoms with Gasteiger partial charge in [0.2, 0.25) is 0 Å². The van der Waals surface area contributed by atoms with Gasteiger partial charge in [-0.2, -0.15) is 0 Å². The lowest BCUT2D eigenvalue weighted by molar-refractivity contribution is -0.143. The van der Waals surface area contributed by atoms with Gasteiger partial charge in [0.05, 0.1) is 6.61 Å². The summed E-state index contributed by atoms with van der Waals surface area (Å²) in [4.78, 5) is 10.8. The normalized spacial score (nSPS) is 8.83. The summed E-state index contributed by atoms with van der Waals surface area (Å²) in [6.07, 6.45) is 5.15. The van der Waals surface area contributed by atoms with Gasteiger partial charge in [0, 0.05) is 6.42 Å². The first kappa shape index (κ1) is 14.3. The van der Waals surface area contributed by atoms with E-state index in [0.717, 1.165) is 12.8 Å². The number of hydrogen-bond donors (Lipinski definition) is 0. The van der Waals surface area contributed by atoms with Crippen LogP contribution >= 0.6 is 12.4 Å². The Morgan fingerprint density at radius 2 is 1.83 bits per heavy atom. The zero-order chi connectivity index (χ0) is 8.53. The van der Waals surface area contributed by atoms with Crippen LogP contribution in [-0.2, 0) is 9.53 Å². The van der Waals surface area contributed by atoms with E-state index >= 15 is 0 Å². The van der Waals surface area contributed by atoms with Gasteiger partial charge in [-0.1, -0.05) is 26.2 Å². The van der Waals surface area contributed by atoms with Gasteiger partial charge in [0.25, 0.3) is 0 Å². The number of rotatable bonds is 6. The van der Waals surface area contributed by atoms with Gasteiger partial charge in [0.15, 0.2) is 0 Å². The highest BCUT2D eigenvalue weighted by Crippen LogP contribution is 2.02. The third-order valence-corrected chi connectivity index (χ3v) is 1.54. The highest BCUT2D eigenvalue weighted by Gasteiger charge is 1.99. The van der Waals surface area contributed by atoms with E-state index in [1.165, 1.54) is 12.8 Å². The topological polar surface area (TPSA) is 26.3 Å². The quantitative estimate of drug-likeness (QED) is 0.480. The fraction of sp³-hybridized carbons (Fsp3) is 0.889. The number of ether oxygens (including phenoxy) is 1. The molecule has 0 unspecified atom stereocenters. The lowest BCUT2D eigenvalue weighted by Crippen LogP contribution is -2.02. The molecule has 0 heterocycles. The van der Waals surface area contributed by atoms with Crippen LogP contribution in [0.3, 0.4) is 0 Å². The summed E-state index contributed by atoms with van der Waals surface area (Å²) in [7, 11) is 0. The highest BCUT2D eigenvalue weighted by atomic mass is 35.5. The van der Waals surface area contributed by atoms with Crippen LogP contribution in [0.4, 0.5) is 0 Å². The van der Waals surface area contributed by atoms with Crippen LogP contribution in [0.15, 0.2) is 0 Å². The number of carbonyl (C=O) groups is 1. The summed E-state index contributed by atoms with van der Waals surface area (Å²) in [6.45, 7) is 4.50. The van der Waals surface area contributed by atoms with Crippen molar-refractivity contribution in [3.8, 4) is 0 Å². The van der Waals surface area contributed by atoms with Crippen molar-refractivity contribution in [3.63, 3.8) is 0 Å². The second-order valence-corrected chi connectivity index (χ2v) is 2.62. The smallest absolute Gasteiger partial charge is 0.305 e. The molecule has 0 atom stereocenters. The van der Waals surface area contributed by atoms with E-state index in [-0.39, 0.29) is 18.4 Å². The third kappa shape index (κ3) is 9.76. The van der Waals surface area contributed by atoms with Gasteiger partial charge < -0.3 is 4.74 Å². The lowest BCUT2D eigenvalue weighted by Gasteiger charge is -2.00. The van der Waals surface area contributed by atoms with E-state index < -0.39 is 0 Å². The van der Waals surface area contributed by atoms with Crippen molar-refractivity contribution < 1.29 is 9.53 Å². The predicted octanol–water partition coefficient (Wildman–Crippen LogP) is 2.94. The van der Waals surface area contributed by atoms with Crippen LogP contribution in [-0.4, -0.2) is 12.6 Å². The maximum Gasteiger partial charge on any atom is 0.305 e. The van der Waals surface area contributed by atoms with Crippen molar-refractivity contribution in [3.05, 3.63) is 0 Å². The zero-order valence-electron chi connectivity index (χ0n) is 7.97. The first-order valence-corrected chi connectivity index (χ1v) is 4.46. The summed E-state index contributed by atoms with van der Waals surface area (Å²) in [5.74, 6) is -0.0522. The van der Waals surface area contributed by atoms with Gasteiger partial charge >= 0.3 is 5.97 Å². The van der Waals surface area contributed by atoms with Crippen molar-refractivity contribution in [1.82, 2.24) is 0 Å². The molecular formula is C9H19ClO2. The van der Waals surface area contributed by atoms with Crippen molar-refractivity contribution in [2.24, 2.45) is 0 Å². The molecule has 0 amide bonds. The molecule has 2 nitrogen and oxygen atoms in total. The van der Waals surface area contributed by atoms with Crippen LogP contribution in [0, 0.1) is 0 Å². The molecule has 0 fully saturated rings. The molecule has 0 rings (SSSR count). The van der Waals surface area contributed by atoms with E-state index in [0.29, 0.717) is 13.0 Å². The molecule has 3 heteroatoms. The highest BCUT2D eigenvalue weighted by molar-refractivity contribution is 5.85. The summed E-state index contributed by atoms with van der Waals surface area (Å²) < 4.78 is 4.78. The molecule has 0 bridgehead atoms. The van der Waals surface area contributed by atoms with Gasteiger partial charge in [-0.15, -0.1) is 12.4 Å². The molecule has 12 heavy (non-hydrogen) atoms. The number of halogens is 1. The molecule has 0 spiro atoms. The van der Waals surface area contributed by atoms with Gasteiger partial charge in [-0.05, 0) is 13.3 Å². The minimum atomic E-state index is -0.0522. The minimum absolute atomic E-state index is 0. The van der Waals surface area contributed by atoms with Crippen molar-refractivity contribution in [2.45, 2.75) is 46.0 Å². The van der Waals surface area contributed by atoms with E-state index in [1.807, 2.05) is 6.92 Å². The lowest BCUT2D eigenvalue weighted by atomic mass is 10.2. The number of carbonyl (C=O) groups excluding carboxylic acids is 1. The van der Waals surface area contributed by atoms with Crippen LogP contribution < -0.4 is 0 Å². The van der Waals surface area contributed by atoms with Crippen LogP contribution in [0.1, 0.15) is 46.0 Å². The Balaban J connectivity index is 0. The first-order valence-electron chi connectivity index (χ1n) is 4.46. The third-order valence-electron chi connectivity index (χ3n) is 1.54.